The van der Waals surface area contributed by atoms with Gasteiger partial charge in [-0.15, -0.1) is 0 Å². The zero-order valence-corrected chi connectivity index (χ0v) is 13.7. The Kier molecular flexibility index (Phi) is 5.71. The molecule has 2 N–H and O–H groups in total. The molecule has 1 fully saturated rings. The first-order valence-electron chi connectivity index (χ1n) is 8.07. The highest BCUT2D eigenvalue weighted by Gasteiger charge is 2.22. The minimum Gasteiger partial charge on any atom is -0.350 e. The smallest absolute Gasteiger partial charge is 0.269 e. The van der Waals surface area contributed by atoms with E-state index in [1.807, 2.05) is 20.8 Å². The molecule has 0 aliphatic carbocycles. The van der Waals surface area contributed by atoms with Crippen molar-refractivity contribution < 1.29 is 4.79 Å². The molecule has 1 aliphatic heterocycles. The maximum atomic E-state index is 12.4. The minimum atomic E-state index is -0.231. The van der Waals surface area contributed by atoms with Gasteiger partial charge in [-0.1, -0.05) is 12.8 Å². The predicted molar refractivity (Wildman–Crippen MR) is 85.7 cm³/mol. The van der Waals surface area contributed by atoms with E-state index < -0.39 is 0 Å². The number of aromatic nitrogens is 2. The van der Waals surface area contributed by atoms with Crippen molar-refractivity contribution in [3.05, 3.63) is 27.2 Å². The van der Waals surface area contributed by atoms with Gasteiger partial charge in [0.2, 0.25) is 5.91 Å². The van der Waals surface area contributed by atoms with E-state index in [4.69, 9.17) is 0 Å². The number of likely N-dealkylation sites (tertiary alicyclic amines) is 1. The van der Waals surface area contributed by atoms with E-state index in [1.54, 1.807) is 0 Å². The Labute approximate surface area is 131 Å². The summed E-state index contributed by atoms with van der Waals surface area (Å²) in [7, 11) is 0. The number of aromatic amines is 1. The van der Waals surface area contributed by atoms with Crippen LogP contribution in [0.25, 0.3) is 0 Å². The average molecular weight is 306 g/mol. The topological polar surface area (TPSA) is 78.1 Å². The fraction of sp³-hybridized carbons (Fsp3) is 0.688. The third-order valence-electron chi connectivity index (χ3n) is 4.60. The second-order valence-electron chi connectivity index (χ2n) is 6.09. The summed E-state index contributed by atoms with van der Waals surface area (Å²) in [6, 6.07) is -0.152. The number of hydrogen-bond donors (Lipinski definition) is 2. The summed E-state index contributed by atoms with van der Waals surface area (Å²) in [5.41, 5.74) is 1.98. The van der Waals surface area contributed by atoms with Crippen molar-refractivity contribution in [2.75, 3.05) is 13.1 Å². The zero-order valence-electron chi connectivity index (χ0n) is 13.7. The van der Waals surface area contributed by atoms with E-state index in [-0.39, 0.29) is 24.1 Å². The largest absolute Gasteiger partial charge is 0.350 e. The Bertz CT molecular complexity index is 574. The van der Waals surface area contributed by atoms with E-state index >= 15 is 0 Å². The lowest BCUT2D eigenvalue weighted by atomic mass is 10.1. The van der Waals surface area contributed by atoms with E-state index in [2.05, 4.69) is 20.4 Å². The van der Waals surface area contributed by atoms with Crippen LogP contribution in [0.4, 0.5) is 0 Å². The number of H-pyrrole nitrogens is 1. The molecule has 0 bridgehead atoms. The van der Waals surface area contributed by atoms with E-state index in [9.17, 15) is 9.59 Å². The van der Waals surface area contributed by atoms with E-state index in [1.165, 1.54) is 12.8 Å². The molecule has 0 radical (unpaired) electrons. The van der Waals surface area contributed by atoms with Gasteiger partial charge in [0.1, 0.15) is 0 Å². The standard InChI is InChI=1S/C16H26N4O2/c1-11-12(2)18-19-16(22)14(11)10-17-15(21)13(3)20-8-6-4-5-7-9-20/h13H,4-10H2,1-3H3,(H,17,21)(H,19,22). The van der Waals surface area contributed by atoms with Crippen molar-refractivity contribution in [1.82, 2.24) is 20.4 Å². The number of rotatable bonds is 4. The van der Waals surface area contributed by atoms with E-state index in [0.717, 1.165) is 37.2 Å². The zero-order chi connectivity index (χ0) is 16.1. The summed E-state index contributed by atoms with van der Waals surface area (Å²) in [4.78, 5) is 26.4. The number of amides is 1. The molecule has 1 saturated heterocycles. The summed E-state index contributed by atoms with van der Waals surface area (Å²) < 4.78 is 0. The second kappa shape index (κ2) is 7.54. The number of carbonyl (C=O) groups is 1. The van der Waals surface area contributed by atoms with Crippen molar-refractivity contribution in [2.45, 2.75) is 59.0 Å². The van der Waals surface area contributed by atoms with Crippen molar-refractivity contribution >= 4 is 5.91 Å². The van der Waals surface area contributed by atoms with Crippen LogP contribution in [0.2, 0.25) is 0 Å². The molecule has 0 aromatic carbocycles. The Balaban J connectivity index is 1.97. The molecule has 1 aliphatic rings. The molecule has 1 amide bonds. The second-order valence-corrected chi connectivity index (χ2v) is 6.09. The van der Waals surface area contributed by atoms with Crippen LogP contribution in [0.15, 0.2) is 4.79 Å². The number of aryl methyl sites for hydroxylation is 1. The predicted octanol–water partition coefficient (Wildman–Crippen LogP) is 1.27. The fourth-order valence-corrected chi connectivity index (χ4v) is 2.86. The summed E-state index contributed by atoms with van der Waals surface area (Å²) in [5, 5.41) is 9.29. The van der Waals surface area contributed by atoms with Gasteiger partial charge in [0.25, 0.3) is 5.56 Å². The molecular weight excluding hydrogens is 280 g/mol. The first kappa shape index (κ1) is 16.7. The summed E-state index contributed by atoms with van der Waals surface area (Å²) >= 11 is 0. The van der Waals surface area contributed by atoms with Crippen LogP contribution in [0.5, 0.6) is 0 Å². The third kappa shape index (κ3) is 3.94. The first-order chi connectivity index (χ1) is 10.5. The number of carbonyl (C=O) groups excluding carboxylic acids is 1. The summed E-state index contributed by atoms with van der Waals surface area (Å²) in [5.74, 6) is -0.0184. The van der Waals surface area contributed by atoms with Crippen LogP contribution in [-0.4, -0.2) is 40.1 Å². The van der Waals surface area contributed by atoms with Crippen molar-refractivity contribution in [3.63, 3.8) is 0 Å². The van der Waals surface area contributed by atoms with Crippen LogP contribution in [0.3, 0.4) is 0 Å². The Morgan fingerprint density at radius 2 is 1.91 bits per heavy atom. The van der Waals surface area contributed by atoms with Gasteiger partial charge in [-0.25, -0.2) is 5.10 Å². The molecule has 22 heavy (non-hydrogen) atoms. The summed E-state index contributed by atoms with van der Waals surface area (Å²) in [6.45, 7) is 7.84. The molecule has 1 aromatic rings. The fourth-order valence-electron chi connectivity index (χ4n) is 2.86. The van der Waals surface area contributed by atoms with Crippen LogP contribution in [0.1, 0.15) is 49.4 Å². The molecule has 1 atom stereocenters. The molecule has 2 rings (SSSR count). The van der Waals surface area contributed by atoms with Gasteiger partial charge in [-0.2, -0.15) is 5.10 Å². The molecule has 0 saturated carbocycles. The number of nitrogens with one attached hydrogen (secondary N) is 2. The molecule has 0 spiro atoms. The summed E-state index contributed by atoms with van der Waals surface area (Å²) in [6.07, 6.45) is 4.80. The Morgan fingerprint density at radius 3 is 2.55 bits per heavy atom. The van der Waals surface area contributed by atoms with Crippen molar-refractivity contribution in [2.24, 2.45) is 0 Å². The molecule has 6 nitrogen and oxygen atoms in total. The van der Waals surface area contributed by atoms with Crippen molar-refractivity contribution in [3.8, 4) is 0 Å². The lowest BCUT2D eigenvalue weighted by molar-refractivity contribution is -0.126. The normalized spacial score (nSPS) is 17.8. The molecular formula is C16H26N4O2. The highest BCUT2D eigenvalue weighted by Crippen LogP contribution is 2.12. The Hall–Kier alpha value is -1.69. The van der Waals surface area contributed by atoms with Gasteiger partial charge in [-0.05, 0) is 52.3 Å². The monoisotopic (exact) mass is 306 g/mol. The molecule has 2 heterocycles. The number of hydrogen-bond acceptors (Lipinski definition) is 4. The third-order valence-corrected chi connectivity index (χ3v) is 4.60. The van der Waals surface area contributed by atoms with Gasteiger partial charge in [0.05, 0.1) is 11.7 Å². The van der Waals surface area contributed by atoms with E-state index in [0.29, 0.717) is 5.56 Å². The SMILES string of the molecule is Cc1n[nH]c(=O)c(CNC(=O)C(C)N2CCCCCC2)c1C. The number of nitrogens with zero attached hydrogens (tertiary/aromatic N) is 2. The highest BCUT2D eigenvalue weighted by atomic mass is 16.2. The molecule has 1 unspecified atom stereocenters. The Morgan fingerprint density at radius 1 is 1.27 bits per heavy atom. The van der Waals surface area contributed by atoms with Crippen LogP contribution < -0.4 is 10.9 Å². The van der Waals surface area contributed by atoms with Gasteiger partial charge in [0.15, 0.2) is 0 Å². The lowest BCUT2D eigenvalue weighted by Crippen LogP contribution is -2.45. The molecule has 122 valence electrons. The lowest BCUT2D eigenvalue weighted by Gasteiger charge is -2.26. The van der Waals surface area contributed by atoms with Crippen LogP contribution in [-0.2, 0) is 11.3 Å². The van der Waals surface area contributed by atoms with Gasteiger partial charge in [0, 0.05) is 12.1 Å². The quantitative estimate of drug-likeness (QED) is 0.878. The maximum absolute atomic E-state index is 12.4. The highest BCUT2D eigenvalue weighted by molar-refractivity contribution is 5.81. The van der Waals surface area contributed by atoms with Gasteiger partial charge < -0.3 is 5.32 Å². The maximum Gasteiger partial charge on any atom is 0.269 e. The van der Waals surface area contributed by atoms with Crippen LogP contribution >= 0.6 is 0 Å². The van der Waals surface area contributed by atoms with Crippen LogP contribution in [0, 0.1) is 13.8 Å². The molecule has 1 aromatic heterocycles. The first-order valence-corrected chi connectivity index (χ1v) is 8.07. The van der Waals surface area contributed by atoms with Gasteiger partial charge in [-0.3, -0.25) is 14.5 Å². The minimum absolute atomic E-state index is 0.0184. The average Bonchev–Trinajstić information content (AvgIpc) is 2.79. The van der Waals surface area contributed by atoms with Crippen molar-refractivity contribution in [1.29, 1.82) is 0 Å². The van der Waals surface area contributed by atoms with Gasteiger partial charge >= 0.3 is 0 Å². The molecule has 6 heteroatoms.